The molecule has 0 fully saturated rings. The Bertz CT molecular complexity index is 1970. The van der Waals surface area contributed by atoms with E-state index in [1.807, 2.05) is 43.3 Å². The first-order chi connectivity index (χ1) is 23.0. The number of anilines is 1. The summed E-state index contributed by atoms with van der Waals surface area (Å²) in [6.45, 7) is 5.97. The summed E-state index contributed by atoms with van der Waals surface area (Å²) in [4.78, 5) is 24.4. The summed E-state index contributed by atoms with van der Waals surface area (Å²) in [6, 6.07) is 22.7. The molecule has 1 heterocycles. The molecule has 1 aromatic heterocycles. The maximum Gasteiger partial charge on any atom is 0.335 e. The molecular weight excluding hydrogens is 630 g/mol. The molecule has 48 heavy (non-hydrogen) atoms. The molecule has 0 spiro atoms. The van der Waals surface area contributed by atoms with Gasteiger partial charge in [0, 0.05) is 18.7 Å². The molecule has 0 aliphatic rings. The fourth-order valence-corrected chi connectivity index (χ4v) is 6.82. The molecular formula is C36H39N5O6S. The maximum atomic E-state index is 13.9. The Hall–Kier alpha value is -5.28. The largest absolute Gasteiger partial charge is 0.493 e. The van der Waals surface area contributed by atoms with Crippen LogP contribution in [0, 0.1) is 24.2 Å². The highest BCUT2D eigenvalue weighted by atomic mass is 32.2. The minimum absolute atomic E-state index is 0.00918. The van der Waals surface area contributed by atoms with Gasteiger partial charge in [-0.05, 0) is 79.8 Å². The summed E-state index contributed by atoms with van der Waals surface area (Å²) < 4.78 is 30.3. The molecule has 3 aromatic carbocycles. The van der Waals surface area contributed by atoms with Crippen molar-refractivity contribution in [2.75, 3.05) is 10.8 Å². The van der Waals surface area contributed by atoms with E-state index in [0.717, 1.165) is 31.2 Å². The average Bonchev–Trinajstić information content (AvgIpc) is 3.09. The van der Waals surface area contributed by atoms with Crippen molar-refractivity contribution in [3.05, 3.63) is 111 Å². The molecule has 4 rings (SSSR count). The molecule has 0 radical (unpaired) electrons. The van der Waals surface area contributed by atoms with Gasteiger partial charge >= 0.3 is 5.97 Å². The Morgan fingerprint density at radius 3 is 2.25 bits per heavy atom. The minimum Gasteiger partial charge on any atom is -0.493 e. The van der Waals surface area contributed by atoms with Gasteiger partial charge in [0.25, 0.3) is 15.6 Å². The van der Waals surface area contributed by atoms with Crippen LogP contribution in [0.3, 0.4) is 0 Å². The quantitative estimate of drug-likeness (QED) is 0.124. The van der Waals surface area contributed by atoms with Crippen LogP contribution >= 0.6 is 0 Å². The number of azo groups is 1. The highest BCUT2D eigenvalue weighted by molar-refractivity contribution is 7.92. The van der Waals surface area contributed by atoms with Gasteiger partial charge in [-0.2, -0.15) is 10.4 Å². The number of nitrogens with zero attached hydrogens (tertiary/aromatic N) is 5. The van der Waals surface area contributed by atoms with Gasteiger partial charge in [0.2, 0.25) is 5.88 Å². The van der Waals surface area contributed by atoms with Gasteiger partial charge in [-0.1, -0.05) is 63.4 Å². The van der Waals surface area contributed by atoms with Gasteiger partial charge in [-0.25, -0.2) is 13.2 Å². The predicted octanol–water partition coefficient (Wildman–Crippen LogP) is 7.50. The number of pyridine rings is 1. The first-order valence-electron chi connectivity index (χ1n) is 15.8. The molecule has 0 aliphatic carbocycles. The van der Waals surface area contributed by atoms with Crippen LogP contribution < -0.4 is 9.86 Å². The van der Waals surface area contributed by atoms with Crippen molar-refractivity contribution in [3.63, 3.8) is 0 Å². The predicted molar refractivity (Wildman–Crippen MR) is 184 cm³/mol. The summed E-state index contributed by atoms with van der Waals surface area (Å²) >= 11 is 0. The zero-order chi connectivity index (χ0) is 34.8. The van der Waals surface area contributed by atoms with Crippen molar-refractivity contribution in [2.24, 2.45) is 16.1 Å². The van der Waals surface area contributed by atoms with E-state index >= 15 is 0 Å². The average molecular weight is 670 g/mol. The number of hydrogen-bond donors (Lipinski definition) is 2. The van der Waals surface area contributed by atoms with Crippen molar-refractivity contribution in [1.82, 2.24) is 4.57 Å². The molecule has 250 valence electrons. The van der Waals surface area contributed by atoms with Gasteiger partial charge < -0.3 is 10.2 Å². The summed E-state index contributed by atoms with van der Waals surface area (Å²) in [5, 5.41) is 38.5. The number of benzene rings is 3. The van der Waals surface area contributed by atoms with Crippen molar-refractivity contribution < 1.29 is 23.4 Å². The van der Waals surface area contributed by atoms with Crippen LogP contribution in [0.1, 0.15) is 66.6 Å². The number of sulfonamides is 1. The van der Waals surface area contributed by atoms with Gasteiger partial charge in [-0.3, -0.25) is 13.7 Å². The zero-order valence-corrected chi connectivity index (χ0v) is 28.0. The highest BCUT2D eigenvalue weighted by Crippen LogP contribution is 2.34. The number of carboxylic acids is 1. The smallest absolute Gasteiger partial charge is 0.335 e. The first kappa shape index (κ1) is 35.6. The van der Waals surface area contributed by atoms with Crippen LogP contribution in [0.15, 0.2) is 98.8 Å². The SMILES string of the molecule is CCCCC(CC)Cn1c(O)c(/N=N/c2ccc(S(=O)(=O)N(CCc3ccccc3)c3ccc(C(=O)O)cc3)cc2)c(C)c(C#N)c1=O. The Kier molecular flexibility index (Phi) is 11.9. The zero-order valence-electron chi connectivity index (χ0n) is 27.2. The summed E-state index contributed by atoms with van der Waals surface area (Å²) in [5.74, 6) is -1.37. The van der Waals surface area contributed by atoms with E-state index in [-0.39, 0.29) is 57.8 Å². The van der Waals surface area contributed by atoms with E-state index in [1.54, 1.807) is 0 Å². The topological polar surface area (TPSA) is 165 Å². The number of hydrogen-bond acceptors (Lipinski definition) is 8. The standard InChI is InChI=1S/C36H39N5O6S/c1-4-6-10-26(5-2)24-40-34(42)32(23-37)25(3)33(35(40)43)39-38-29-15-19-31(20-16-29)48(46,47)41(22-21-27-11-8-7-9-12-27)30-17-13-28(14-18-30)36(44)45/h7-9,11-20,26,43H,4-6,10,21-22,24H2,1-3H3,(H,44,45)/b39-38+. The molecule has 1 unspecified atom stereocenters. The van der Waals surface area contributed by atoms with E-state index in [9.17, 15) is 33.5 Å². The molecule has 0 bridgehead atoms. The van der Waals surface area contributed by atoms with Crippen LogP contribution in [0.2, 0.25) is 0 Å². The van der Waals surface area contributed by atoms with E-state index in [0.29, 0.717) is 12.1 Å². The monoisotopic (exact) mass is 669 g/mol. The summed E-state index contributed by atoms with van der Waals surface area (Å²) in [6.07, 6.45) is 4.06. The van der Waals surface area contributed by atoms with Gasteiger partial charge in [0.05, 0.1) is 21.8 Å². The van der Waals surface area contributed by atoms with Gasteiger partial charge in [-0.15, -0.1) is 5.11 Å². The maximum absolute atomic E-state index is 13.9. The van der Waals surface area contributed by atoms with Crippen molar-refractivity contribution >= 4 is 33.1 Å². The van der Waals surface area contributed by atoms with E-state index in [1.165, 1.54) is 64.3 Å². The molecule has 0 amide bonds. The van der Waals surface area contributed by atoms with Crippen LogP contribution in [0.25, 0.3) is 0 Å². The Labute approximate surface area is 280 Å². The summed E-state index contributed by atoms with van der Waals surface area (Å²) in [5.41, 5.74) is 1.05. The lowest BCUT2D eigenvalue weighted by Crippen LogP contribution is -2.33. The van der Waals surface area contributed by atoms with Gasteiger partial charge in [0.15, 0.2) is 5.69 Å². The number of carbonyl (C=O) groups is 1. The number of rotatable bonds is 15. The van der Waals surface area contributed by atoms with Crippen molar-refractivity contribution in [1.29, 1.82) is 5.26 Å². The third kappa shape index (κ3) is 8.16. The van der Waals surface area contributed by atoms with E-state index < -0.39 is 21.6 Å². The molecule has 4 aromatic rings. The Morgan fingerprint density at radius 1 is 1.00 bits per heavy atom. The Morgan fingerprint density at radius 2 is 1.67 bits per heavy atom. The number of aromatic hydroxyl groups is 1. The second kappa shape index (κ2) is 16.0. The molecule has 0 aliphatic heterocycles. The third-order valence-electron chi connectivity index (χ3n) is 8.29. The fourth-order valence-electron chi connectivity index (χ4n) is 5.36. The lowest BCUT2D eigenvalue weighted by molar-refractivity contribution is 0.0697. The second-order valence-electron chi connectivity index (χ2n) is 11.5. The lowest BCUT2D eigenvalue weighted by atomic mass is 9.99. The fraction of sp³-hybridized carbons (Fsp3) is 0.306. The first-order valence-corrected chi connectivity index (χ1v) is 17.2. The molecule has 0 saturated carbocycles. The molecule has 2 N–H and O–H groups in total. The Balaban J connectivity index is 1.65. The van der Waals surface area contributed by atoms with Crippen molar-refractivity contribution in [3.8, 4) is 11.9 Å². The van der Waals surface area contributed by atoms with Crippen LogP contribution in [-0.2, 0) is 23.0 Å². The number of unbranched alkanes of at least 4 members (excludes halogenated alkanes) is 1. The van der Waals surface area contributed by atoms with E-state index in [2.05, 4.69) is 17.2 Å². The number of carboxylic acid groups (broad SMARTS) is 1. The van der Waals surface area contributed by atoms with Crippen LogP contribution in [0.4, 0.5) is 17.1 Å². The number of nitriles is 1. The number of aromatic carboxylic acids is 1. The highest BCUT2D eigenvalue weighted by Gasteiger charge is 2.26. The minimum atomic E-state index is -4.10. The second-order valence-corrected chi connectivity index (χ2v) is 13.3. The third-order valence-corrected chi connectivity index (χ3v) is 10.1. The summed E-state index contributed by atoms with van der Waals surface area (Å²) in [7, 11) is -4.10. The molecule has 0 saturated heterocycles. The van der Waals surface area contributed by atoms with Crippen LogP contribution in [-0.4, -0.2) is 35.7 Å². The number of aromatic nitrogens is 1. The lowest BCUT2D eigenvalue weighted by Gasteiger charge is -2.25. The van der Waals surface area contributed by atoms with Gasteiger partial charge in [0.1, 0.15) is 11.6 Å². The van der Waals surface area contributed by atoms with Crippen molar-refractivity contribution in [2.45, 2.75) is 64.3 Å². The van der Waals surface area contributed by atoms with E-state index in [4.69, 9.17) is 0 Å². The molecule has 11 nitrogen and oxygen atoms in total. The molecule has 12 heteroatoms. The normalized spacial score (nSPS) is 12.1. The molecule has 1 atom stereocenters. The van der Waals surface area contributed by atoms with Crippen LogP contribution in [0.5, 0.6) is 5.88 Å².